The number of piperidine rings is 1. The molecule has 2 unspecified atom stereocenters. The van der Waals surface area contributed by atoms with Crippen molar-refractivity contribution in [1.29, 1.82) is 0 Å². The van der Waals surface area contributed by atoms with Gasteiger partial charge in [0.2, 0.25) is 0 Å². The number of hydrogen-bond acceptors (Lipinski definition) is 8. The summed E-state index contributed by atoms with van der Waals surface area (Å²) < 4.78 is 12.2. The zero-order valence-corrected chi connectivity index (χ0v) is 24.2. The van der Waals surface area contributed by atoms with Crippen LogP contribution in [0.3, 0.4) is 0 Å². The number of nitrogens with one attached hydrogen (secondary N) is 1. The van der Waals surface area contributed by atoms with Crippen molar-refractivity contribution in [3.05, 3.63) is 57.3 Å². The zero-order valence-electron chi connectivity index (χ0n) is 21.8. The molecule has 3 fully saturated rings. The van der Waals surface area contributed by atoms with Crippen LogP contribution in [0.1, 0.15) is 66.1 Å². The molecule has 3 aliphatic rings. The van der Waals surface area contributed by atoms with Gasteiger partial charge in [-0.15, -0.1) is 0 Å². The summed E-state index contributed by atoms with van der Waals surface area (Å²) in [6.07, 6.45) is 6.43. The molecule has 4 heterocycles. The van der Waals surface area contributed by atoms with E-state index in [4.69, 9.17) is 37.4 Å². The van der Waals surface area contributed by atoms with Crippen LogP contribution in [0.5, 0.6) is 5.75 Å². The van der Waals surface area contributed by atoms with Crippen LogP contribution in [0.15, 0.2) is 34.9 Å². The molecule has 7 rings (SSSR count). The molecule has 208 valence electrons. The molecule has 2 bridgehead atoms. The van der Waals surface area contributed by atoms with E-state index in [0.717, 1.165) is 76.5 Å². The number of aromatic carboxylic acids is 1. The third-order valence-corrected chi connectivity index (χ3v) is 10.0. The van der Waals surface area contributed by atoms with Gasteiger partial charge in [-0.05, 0) is 62.8 Å². The van der Waals surface area contributed by atoms with Gasteiger partial charge >= 0.3 is 5.97 Å². The van der Waals surface area contributed by atoms with Crippen LogP contribution >= 0.6 is 34.5 Å². The molecule has 1 aliphatic carbocycles. The number of hydrogen-bond donors (Lipinski definition) is 2. The summed E-state index contributed by atoms with van der Waals surface area (Å²) in [4.78, 5) is 19.0. The van der Waals surface area contributed by atoms with Crippen molar-refractivity contribution in [2.75, 3.05) is 12.0 Å². The molecule has 11 heteroatoms. The summed E-state index contributed by atoms with van der Waals surface area (Å²) in [5.74, 6) is 0.883. The molecular formula is C29H28Cl2N4O4S. The maximum absolute atomic E-state index is 11.6. The molecule has 2 atom stereocenters. The number of ether oxygens (including phenoxy) is 1. The average molecular weight is 600 g/mol. The molecule has 2 aromatic heterocycles. The molecule has 2 N–H and O–H groups in total. The monoisotopic (exact) mass is 598 g/mol. The minimum absolute atomic E-state index is 0.210. The van der Waals surface area contributed by atoms with Gasteiger partial charge in [-0.3, -0.25) is 0 Å². The summed E-state index contributed by atoms with van der Waals surface area (Å²) in [5, 5.41) is 19.8. The number of aromatic nitrogens is 2. The lowest BCUT2D eigenvalue weighted by Gasteiger charge is -2.39. The molecule has 2 aromatic carbocycles. The second-order valence-electron chi connectivity index (χ2n) is 10.9. The number of methoxy groups -OCH3 is 1. The number of rotatable bonds is 8. The molecule has 40 heavy (non-hydrogen) atoms. The molecule has 2 saturated heterocycles. The molecule has 8 nitrogen and oxygen atoms in total. The Morgan fingerprint density at radius 1 is 1.18 bits per heavy atom. The predicted octanol–water partition coefficient (Wildman–Crippen LogP) is 7.13. The summed E-state index contributed by atoms with van der Waals surface area (Å²) in [5.41, 5.74) is 3.44. The summed E-state index contributed by atoms with van der Waals surface area (Å²) in [6.45, 7) is 0.645. The van der Waals surface area contributed by atoms with Gasteiger partial charge in [0.05, 0.1) is 27.4 Å². The minimum atomic E-state index is -0.972. The molecule has 4 aromatic rings. The fourth-order valence-corrected chi connectivity index (χ4v) is 8.10. The first-order valence-electron chi connectivity index (χ1n) is 13.6. The zero-order chi connectivity index (χ0) is 27.5. The van der Waals surface area contributed by atoms with E-state index in [1.165, 1.54) is 0 Å². The van der Waals surface area contributed by atoms with Crippen LogP contribution < -0.4 is 15.0 Å². The van der Waals surface area contributed by atoms with Gasteiger partial charge in [0, 0.05) is 41.7 Å². The lowest BCUT2D eigenvalue weighted by molar-refractivity contribution is 0.0696. The highest BCUT2D eigenvalue weighted by Crippen LogP contribution is 2.47. The van der Waals surface area contributed by atoms with Crippen LogP contribution in [-0.2, 0) is 6.54 Å². The van der Waals surface area contributed by atoms with Gasteiger partial charge in [0.25, 0.3) is 0 Å². The molecule has 2 aliphatic heterocycles. The fourth-order valence-electron chi connectivity index (χ4n) is 6.36. The normalized spacial score (nSPS) is 22.3. The highest BCUT2D eigenvalue weighted by molar-refractivity contribution is 7.22. The van der Waals surface area contributed by atoms with E-state index in [0.29, 0.717) is 46.4 Å². The highest BCUT2D eigenvalue weighted by Gasteiger charge is 2.42. The molecule has 0 spiro atoms. The van der Waals surface area contributed by atoms with E-state index in [-0.39, 0.29) is 5.56 Å². The lowest BCUT2D eigenvalue weighted by atomic mass is 9.97. The van der Waals surface area contributed by atoms with E-state index in [2.05, 4.69) is 15.4 Å². The van der Waals surface area contributed by atoms with Crippen LogP contribution in [0.2, 0.25) is 10.0 Å². The topological polar surface area (TPSA) is 101 Å². The molecule has 1 saturated carbocycles. The fraction of sp³-hybridized carbons (Fsp3) is 0.414. The Morgan fingerprint density at radius 2 is 1.90 bits per heavy atom. The van der Waals surface area contributed by atoms with Crippen LogP contribution in [-0.4, -0.2) is 46.5 Å². The molecule has 0 radical (unpaired) electrons. The smallest absolute Gasteiger partial charge is 0.335 e. The Labute approximate surface area is 245 Å². The Kier molecular flexibility index (Phi) is 6.65. The molecular weight excluding hydrogens is 571 g/mol. The Balaban J connectivity index is 1.11. The largest absolute Gasteiger partial charge is 0.494 e. The number of carbonyl (C=O) groups is 1. The Bertz CT molecular complexity index is 1580. The summed E-state index contributed by atoms with van der Waals surface area (Å²) in [7, 11) is 1.55. The standard InChI is InChI=1S/C29H28Cl2N4O4S/c1-38-22-9-15(28(36)37)10-23-26(22)33-29(40-23)35-17-7-8-18(35)12-16(11-17)32-13-19-25(34-39-27(19)14-5-6-14)24-20(30)3-2-4-21(24)31/h2-4,9-10,14,16-18,32H,5-8,11-13H2,1H3,(H,36,37). The van der Waals surface area contributed by atoms with E-state index < -0.39 is 5.97 Å². The van der Waals surface area contributed by atoms with Crippen molar-refractivity contribution in [3.8, 4) is 17.0 Å². The number of carboxylic acids is 1. The van der Waals surface area contributed by atoms with Crippen LogP contribution in [0.25, 0.3) is 21.5 Å². The number of carboxylic acid groups (broad SMARTS) is 1. The number of fused-ring (bicyclic) bond motifs is 3. The molecule has 0 amide bonds. The van der Waals surface area contributed by atoms with E-state index >= 15 is 0 Å². The quantitative estimate of drug-likeness (QED) is 0.221. The number of nitrogens with zero attached hydrogens (tertiary/aromatic N) is 3. The second-order valence-corrected chi connectivity index (χ2v) is 12.7. The second kappa shape index (κ2) is 10.2. The van der Waals surface area contributed by atoms with Gasteiger partial charge in [-0.25, -0.2) is 9.78 Å². The lowest BCUT2D eigenvalue weighted by Crippen LogP contribution is -2.49. The highest BCUT2D eigenvalue weighted by atomic mass is 35.5. The third kappa shape index (κ3) is 4.53. The Hall–Kier alpha value is -2.85. The van der Waals surface area contributed by atoms with Crippen molar-refractivity contribution < 1.29 is 19.2 Å². The van der Waals surface area contributed by atoms with Crippen molar-refractivity contribution in [2.24, 2.45) is 0 Å². The minimum Gasteiger partial charge on any atom is -0.494 e. The third-order valence-electron chi connectivity index (χ3n) is 8.40. The van der Waals surface area contributed by atoms with Crippen LogP contribution in [0.4, 0.5) is 5.13 Å². The Morgan fingerprint density at radius 3 is 2.55 bits per heavy atom. The van der Waals surface area contributed by atoms with Crippen LogP contribution in [0, 0.1) is 0 Å². The van der Waals surface area contributed by atoms with Gasteiger partial charge in [0.1, 0.15) is 22.7 Å². The predicted molar refractivity (Wildman–Crippen MR) is 156 cm³/mol. The summed E-state index contributed by atoms with van der Waals surface area (Å²) in [6, 6.07) is 9.81. The maximum Gasteiger partial charge on any atom is 0.335 e. The SMILES string of the molecule is COc1cc(C(=O)O)cc2sc(N3C4CCC3CC(NCc3c(-c5c(Cl)cccc5Cl)noc3C3CC3)C4)nc12. The van der Waals surface area contributed by atoms with Gasteiger partial charge in [-0.1, -0.05) is 45.8 Å². The summed E-state index contributed by atoms with van der Waals surface area (Å²) >= 11 is 14.6. The number of halogens is 2. The van der Waals surface area contributed by atoms with Crippen molar-refractivity contribution in [3.63, 3.8) is 0 Å². The van der Waals surface area contributed by atoms with Gasteiger partial charge in [-0.2, -0.15) is 0 Å². The first-order chi connectivity index (χ1) is 19.4. The van der Waals surface area contributed by atoms with E-state index in [1.54, 1.807) is 30.6 Å². The number of thiazole rings is 1. The van der Waals surface area contributed by atoms with Gasteiger partial charge in [0.15, 0.2) is 5.13 Å². The first-order valence-corrected chi connectivity index (χ1v) is 15.1. The number of benzene rings is 2. The van der Waals surface area contributed by atoms with Crippen molar-refractivity contribution >= 4 is 55.9 Å². The number of anilines is 1. The van der Waals surface area contributed by atoms with Crippen molar-refractivity contribution in [2.45, 2.75) is 69.1 Å². The average Bonchev–Trinajstić information content (AvgIpc) is 3.46. The first kappa shape index (κ1) is 26.1. The van der Waals surface area contributed by atoms with Crippen molar-refractivity contribution in [1.82, 2.24) is 15.5 Å². The maximum atomic E-state index is 11.6. The van der Waals surface area contributed by atoms with E-state index in [9.17, 15) is 9.90 Å². The van der Waals surface area contributed by atoms with Gasteiger partial charge < -0.3 is 24.6 Å². The van der Waals surface area contributed by atoms with E-state index in [1.807, 2.05) is 18.2 Å².